The molecule has 0 fully saturated rings. The molecular formula is C15H17F3N2O4. The molecule has 24 heavy (non-hydrogen) atoms. The zero-order valence-corrected chi connectivity index (χ0v) is 12.8. The number of carbonyl (C=O) groups is 3. The smallest absolute Gasteiger partial charge is 0.405 e. The van der Waals surface area contributed by atoms with Gasteiger partial charge in [0.1, 0.15) is 19.0 Å². The standard InChI is InChI=1S/C15H17F3N2O4/c1-20(13(22)8-12(21)19-9-15(16,17)18)11(14(23)24)7-10-5-3-2-4-6-10/h2-6,11H,7-9H2,1H3,(H,19,21)(H,23,24). The molecule has 0 radical (unpaired) electrons. The summed E-state index contributed by atoms with van der Waals surface area (Å²) in [5.74, 6) is -3.27. The molecule has 0 saturated heterocycles. The van der Waals surface area contributed by atoms with Crippen LogP contribution in [0.1, 0.15) is 12.0 Å². The lowest BCUT2D eigenvalue weighted by Gasteiger charge is -2.25. The lowest BCUT2D eigenvalue weighted by Crippen LogP contribution is -2.45. The monoisotopic (exact) mass is 346 g/mol. The summed E-state index contributed by atoms with van der Waals surface area (Å²) in [4.78, 5) is 35.5. The number of alkyl halides is 3. The molecule has 1 unspecified atom stereocenters. The lowest BCUT2D eigenvalue weighted by molar-refractivity contribution is -0.151. The molecule has 1 aromatic rings. The van der Waals surface area contributed by atoms with E-state index in [2.05, 4.69) is 0 Å². The molecule has 9 heteroatoms. The minimum absolute atomic E-state index is 0.0165. The van der Waals surface area contributed by atoms with E-state index in [-0.39, 0.29) is 6.42 Å². The van der Waals surface area contributed by atoms with Crippen LogP contribution in [-0.4, -0.2) is 53.6 Å². The first-order valence-corrected chi connectivity index (χ1v) is 6.96. The number of nitrogens with one attached hydrogen (secondary N) is 1. The summed E-state index contributed by atoms with van der Waals surface area (Å²) in [7, 11) is 1.20. The maximum absolute atomic E-state index is 12.0. The minimum atomic E-state index is -4.58. The van der Waals surface area contributed by atoms with Crippen molar-refractivity contribution in [2.45, 2.75) is 25.1 Å². The molecule has 1 aromatic carbocycles. The Hall–Kier alpha value is -2.58. The summed E-state index contributed by atoms with van der Waals surface area (Å²) in [6, 6.07) is 7.31. The van der Waals surface area contributed by atoms with Gasteiger partial charge in [0.2, 0.25) is 11.8 Å². The molecule has 132 valence electrons. The Balaban J connectivity index is 2.66. The third kappa shape index (κ3) is 6.67. The van der Waals surface area contributed by atoms with Gasteiger partial charge in [-0.1, -0.05) is 30.3 Å². The van der Waals surface area contributed by atoms with Crippen LogP contribution in [0.25, 0.3) is 0 Å². The second kappa shape index (κ2) is 8.32. The fourth-order valence-electron chi connectivity index (χ4n) is 1.92. The minimum Gasteiger partial charge on any atom is -0.480 e. The molecule has 0 bridgehead atoms. The van der Waals surface area contributed by atoms with E-state index in [1.807, 2.05) is 0 Å². The normalized spacial score (nSPS) is 12.3. The predicted octanol–water partition coefficient (Wildman–Crippen LogP) is 1.21. The van der Waals surface area contributed by atoms with Crippen molar-refractivity contribution >= 4 is 17.8 Å². The molecule has 0 heterocycles. The van der Waals surface area contributed by atoms with E-state index in [0.29, 0.717) is 5.56 Å². The Morgan fingerprint density at radius 3 is 2.29 bits per heavy atom. The maximum Gasteiger partial charge on any atom is 0.405 e. The van der Waals surface area contributed by atoms with Gasteiger partial charge < -0.3 is 15.3 Å². The third-order valence-corrected chi connectivity index (χ3v) is 3.22. The molecule has 1 rings (SSSR count). The largest absolute Gasteiger partial charge is 0.480 e. The van der Waals surface area contributed by atoms with E-state index in [1.165, 1.54) is 7.05 Å². The van der Waals surface area contributed by atoms with Gasteiger partial charge in [0.05, 0.1) is 0 Å². The Labute approximate surface area is 136 Å². The van der Waals surface area contributed by atoms with Gasteiger partial charge >= 0.3 is 12.1 Å². The highest BCUT2D eigenvalue weighted by molar-refractivity contribution is 5.98. The first kappa shape index (κ1) is 19.5. The van der Waals surface area contributed by atoms with E-state index < -0.39 is 43.0 Å². The highest BCUT2D eigenvalue weighted by Gasteiger charge is 2.30. The fraction of sp³-hybridized carbons (Fsp3) is 0.400. The zero-order valence-electron chi connectivity index (χ0n) is 12.8. The average molecular weight is 346 g/mol. The molecule has 0 aromatic heterocycles. The van der Waals surface area contributed by atoms with Gasteiger partial charge in [-0.2, -0.15) is 13.2 Å². The van der Waals surface area contributed by atoms with Crippen LogP contribution in [-0.2, 0) is 20.8 Å². The molecule has 6 nitrogen and oxygen atoms in total. The summed E-state index contributed by atoms with van der Waals surface area (Å²) in [5.41, 5.74) is 0.672. The van der Waals surface area contributed by atoms with Crippen molar-refractivity contribution < 1.29 is 32.7 Å². The van der Waals surface area contributed by atoms with Crippen molar-refractivity contribution in [2.24, 2.45) is 0 Å². The van der Waals surface area contributed by atoms with E-state index in [0.717, 1.165) is 4.90 Å². The molecule has 2 N–H and O–H groups in total. The second-order valence-corrected chi connectivity index (χ2v) is 5.12. The van der Waals surface area contributed by atoms with E-state index in [4.69, 9.17) is 0 Å². The number of benzene rings is 1. The maximum atomic E-state index is 12.0. The Bertz CT molecular complexity index is 590. The number of likely N-dealkylation sites (N-methyl/N-ethyl adjacent to an activating group) is 1. The quantitative estimate of drug-likeness (QED) is 0.727. The highest BCUT2D eigenvalue weighted by Crippen LogP contribution is 2.13. The van der Waals surface area contributed by atoms with Crippen molar-refractivity contribution in [3.8, 4) is 0 Å². The number of carboxylic acid groups (broad SMARTS) is 1. The molecule has 0 saturated carbocycles. The van der Waals surface area contributed by atoms with Crippen LogP contribution in [0.15, 0.2) is 30.3 Å². The van der Waals surface area contributed by atoms with Gasteiger partial charge in [-0.05, 0) is 5.56 Å². The number of hydrogen-bond donors (Lipinski definition) is 2. The number of hydrogen-bond acceptors (Lipinski definition) is 3. The molecule has 0 aliphatic carbocycles. The third-order valence-electron chi connectivity index (χ3n) is 3.22. The molecule has 2 amide bonds. The van der Waals surface area contributed by atoms with Crippen LogP contribution in [0.5, 0.6) is 0 Å². The zero-order chi connectivity index (χ0) is 18.3. The van der Waals surface area contributed by atoms with E-state index >= 15 is 0 Å². The van der Waals surface area contributed by atoms with E-state index in [1.54, 1.807) is 35.6 Å². The first-order chi connectivity index (χ1) is 11.1. The Morgan fingerprint density at radius 2 is 1.79 bits per heavy atom. The summed E-state index contributed by atoms with van der Waals surface area (Å²) < 4.78 is 36.0. The number of halogens is 3. The number of carboxylic acids is 1. The van der Waals surface area contributed by atoms with Gasteiger partial charge in [0.25, 0.3) is 0 Å². The fourth-order valence-corrected chi connectivity index (χ4v) is 1.92. The van der Waals surface area contributed by atoms with Gasteiger partial charge in [0.15, 0.2) is 0 Å². The van der Waals surface area contributed by atoms with Crippen molar-refractivity contribution in [3.63, 3.8) is 0 Å². The second-order valence-electron chi connectivity index (χ2n) is 5.12. The first-order valence-electron chi connectivity index (χ1n) is 6.96. The van der Waals surface area contributed by atoms with Crippen LogP contribution in [0.2, 0.25) is 0 Å². The summed E-state index contributed by atoms with van der Waals surface area (Å²) in [5, 5.41) is 10.8. The van der Waals surface area contributed by atoms with Crippen LogP contribution >= 0.6 is 0 Å². The number of nitrogens with zero attached hydrogens (tertiary/aromatic N) is 1. The van der Waals surface area contributed by atoms with Crippen LogP contribution < -0.4 is 5.32 Å². The molecule has 0 aliphatic rings. The SMILES string of the molecule is CN(C(=O)CC(=O)NCC(F)(F)F)C(Cc1ccccc1)C(=O)O. The summed E-state index contributed by atoms with van der Waals surface area (Å²) in [6.45, 7) is -1.55. The number of aliphatic carboxylic acids is 1. The van der Waals surface area contributed by atoms with Gasteiger partial charge in [-0.15, -0.1) is 0 Å². The van der Waals surface area contributed by atoms with E-state index in [9.17, 15) is 32.7 Å². The summed E-state index contributed by atoms with van der Waals surface area (Å²) >= 11 is 0. The van der Waals surface area contributed by atoms with Gasteiger partial charge in [0, 0.05) is 13.5 Å². The molecule has 1 atom stereocenters. The highest BCUT2D eigenvalue weighted by atomic mass is 19.4. The van der Waals surface area contributed by atoms with Crippen LogP contribution in [0, 0.1) is 0 Å². The molecule has 0 spiro atoms. The Kier molecular flexibility index (Phi) is 6.75. The number of amides is 2. The van der Waals surface area contributed by atoms with Crippen LogP contribution in [0.4, 0.5) is 13.2 Å². The van der Waals surface area contributed by atoms with Crippen molar-refractivity contribution in [3.05, 3.63) is 35.9 Å². The Morgan fingerprint density at radius 1 is 1.21 bits per heavy atom. The predicted molar refractivity (Wildman–Crippen MR) is 78.0 cm³/mol. The number of rotatable bonds is 7. The molecule has 0 aliphatic heterocycles. The van der Waals surface area contributed by atoms with Crippen molar-refractivity contribution in [1.82, 2.24) is 10.2 Å². The molecular weight excluding hydrogens is 329 g/mol. The van der Waals surface area contributed by atoms with Crippen molar-refractivity contribution in [2.75, 3.05) is 13.6 Å². The topological polar surface area (TPSA) is 86.7 Å². The van der Waals surface area contributed by atoms with Crippen LogP contribution in [0.3, 0.4) is 0 Å². The summed E-state index contributed by atoms with van der Waals surface area (Å²) in [6.07, 6.45) is -5.42. The average Bonchev–Trinajstić information content (AvgIpc) is 2.50. The van der Waals surface area contributed by atoms with Gasteiger partial charge in [-0.25, -0.2) is 4.79 Å². The number of carbonyl (C=O) groups excluding carboxylic acids is 2. The van der Waals surface area contributed by atoms with Crippen molar-refractivity contribution in [1.29, 1.82) is 0 Å². The van der Waals surface area contributed by atoms with Gasteiger partial charge in [-0.3, -0.25) is 9.59 Å². The lowest BCUT2D eigenvalue weighted by atomic mass is 10.0.